The number of furan rings is 1. The molecule has 0 aliphatic rings. The Kier molecular flexibility index (Phi) is 7.57. The van der Waals surface area contributed by atoms with Crippen LogP contribution in [0.15, 0.2) is 180 Å². The highest BCUT2D eigenvalue weighted by Crippen LogP contribution is 2.40. The van der Waals surface area contributed by atoms with E-state index in [0.29, 0.717) is 28.9 Å². The average molecular weight is 736 g/mol. The molecule has 0 bridgehead atoms. The van der Waals surface area contributed by atoms with E-state index in [0.717, 1.165) is 76.6 Å². The fraction of sp³-hybridized carbons (Fsp3) is 0. The van der Waals surface area contributed by atoms with Gasteiger partial charge in [-0.3, -0.25) is 0 Å². The summed E-state index contributed by atoms with van der Waals surface area (Å²) in [5.41, 5.74) is 10.0. The Labute approximate surface area is 325 Å². The zero-order chi connectivity index (χ0) is 37.0. The minimum atomic E-state index is 0.635. The molecule has 262 valence electrons. The molecule has 0 amide bonds. The summed E-state index contributed by atoms with van der Waals surface area (Å²) in [6.07, 6.45) is 0. The maximum atomic E-state index is 6.47. The quantitative estimate of drug-likeness (QED) is 0.169. The molecule has 4 heterocycles. The third kappa shape index (κ3) is 5.61. The van der Waals surface area contributed by atoms with E-state index in [1.165, 1.54) is 4.70 Å². The minimum absolute atomic E-state index is 0.635. The Morgan fingerprint density at radius 2 is 0.911 bits per heavy atom. The maximum absolute atomic E-state index is 6.47. The number of hydrogen-bond donors (Lipinski definition) is 0. The van der Waals surface area contributed by atoms with Crippen LogP contribution < -0.4 is 0 Å². The Morgan fingerprint density at radius 3 is 1.64 bits per heavy atom. The molecule has 0 saturated carbocycles. The van der Waals surface area contributed by atoms with Gasteiger partial charge in [-0.2, -0.15) is 0 Å². The molecule has 0 atom stereocenters. The lowest BCUT2D eigenvalue weighted by Gasteiger charge is -2.09. The molecule has 0 spiro atoms. The minimum Gasteiger partial charge on any atom is -0.452 e. The van der Waals surface area contributed by atoms with Gasteiger partial charge in [0, 0.05) is 53.4 Å². The predicted molar refractivity (Wildman–Crippen MR) is 228 cm³/mol. The Morgan fingerprint density at radius 1 is 0.339 bits per heavy atom. The highest BCUT2D eigenvalue weighted by molar-refractivity contribution is 7.25. The smallest absolute Gasteiger partial charge is 0.180 e. The van der Waals surface area contributed by atoms with Crippen LogP contribution in [-0.2, 0) is 0 Å². The number of thiophene rings is 1. The zero-order valence-corrected chi connectivity index (χ0v) is 30.6. The second-order valence-corrected chi connectivity index (χ2v) is 14.8. The van der Waals surface area contributed by atoms with Crippen molar-refractivity contribution in [1.29, 1.82) is 0 Å². The first-order chi connectivity index (χ1) is 27.7. The van der Waals surface area contributed by atoms with Crippen LogP contribution in [0.3, 0.4) is 0 Å². The van der Waals surface area contributed by atoms with Gasteiger partial charge in [0.05, 0.1) is 0 Å². The van der Waals surface area contributed by atoms with Gasteiger partial charge in [0.1, 0.15) is 16.8 Å². The van der Waals surface area contributed by atoms with Crippen LogP contribution in [0.1, 0.15) is 0 Å². The van der Waals surface area contributed by atoms with E-state index in [2.05, 4.69) is 91.0 Å². The fourth-order valence-electron chi connectivity index (χ4n) is 7.39. The van der Waals surface area contributed by atoms with Gasteiger partial charge in [-0.1, -0.05) is 133 Å². The monoisotopic (exact) mass is 735 g/mol. The summed E-state index contributed by atoms with van der Waals surface area (Å²) in [7, 11) is 0. The van der Waals surface area contributed by atoms with Crippen LogP contribution in [0, 0.1) is 0 Å². The van der Waals surface area contributed by atoms with Crippen LogP contribution in [0.25, 0.3) is 110 Å². The van der Waals surface area contributed by atoms with E-state index >= 15 is 0 Å². The average Bonchev–Trinajstić information content (AvgIpc) is 3.84. The highest BCUT2D eigenvalue weighted by Gasteiger charge is 2.20. The molecular weight excluding hydrogens is 707 g/mol. The normalized spacial score (nSPS) is 11.6. The summed E-state index contributed by atoms with van der Waals surface area (Å²) in [6, 6.07) is 60.1. The molecule has 0 aliphatic carbocycles. The number of aromatic nitrogens is 5. The van der Waals surface area contributed by atoms with E-state index in [1.807, 2.05) is 84.9 Å². The number of para-hydroxylation sites is 1. The number of rotatable bonds is 6. The third-order valence-corrected chi connectivity index (χ3v) is 11.3. The number of hydrogen-bond acceptors (Lipinski definition) is 7. The van der Waals surface area contributed by atoms with E-state index in [9.17, 15) is 0 Å². The van der Waals surface area contributed by atoms with Crippen LogP contribution in [-0.4, -0.2) is 24.9 Å². The Bertz CT molecular complexity index is 3190. The van der Waals surface area contributed by atoms with Crippen molar-refractivity contribution in [1.82, 2.24) is 24.9 Å². The van der Waals surface area contributed by atoms with Gasteiger partial charge in [-0.25, -0.2) is 24.9 Å². The molecule has 56 heavy (non-hydrogen) atoms. The molecule has 0 unspecified atom stereocenters. The van der Waals surface area contributed by atoms with Gasteiger partial charge >= 0.3 is 0 Å². The highest BCUT2D eigenvalue weighted by atomic mass is 32.1. The SMILES string of the molecule is c1ccc(-c2cccc(-c3nc(-c4ccc5sc6cc(-c7nc(-c8ccccc8)nc(-c8ccccc8)n7)ccc6c5c4)nc4c3oc3ccccc34)c2)cc1. The van der Waals surface area contributed by atoms with Gasteiger partial charge in [0.15, 0.2) is 28.9 Å². The summed E-state index contributed by atoms with van der Waals surface area (Å²) in [6.45, 7) is 0. The van der Waals surface area contributed by atoms with Crippen LogP contribution >= 0.6 is 11.3 Å². The lowest BCUT2D eigenvalue weighted by molar-refractivity contribution is 0.667. The van der Waals surface area contributed by atoms with Gasteiger partial charge in [-0.15, -0.1) is 11.3 Å². The molecule has 4 aromatic heterocycles. The van der Waals surface area contributed by atoms with Crippen LogP contribution in [0.4, 0.5) is 0 Å². The van der Waals surface area contributed by atoms with Crippen molar-refractivity contribution >= 4 is 53.6 Å². The third-order valence-electron chi connectivity index (χ3n) is 10.1. The summed E-state index contributed by atoms with van der Waals surface area (Å²) < 4.78 is 8.79. The molecule has 0 fully saturated rings. The molecular formula is C49H29N5OS. The summed E-state index contributed by atoms with van der Waals surface area (Å²) >= 11 is 1.75. The first-order valence-corrected chi connectivity index (χ1v) is 19.2. The Hall–Kier alpha value is -7.35. The molecule has 0 radical (unpaired) electrons. The Balaban J connectivity index is 1.04. The summed E-state index contributed by atoms with van der Waals surface area (Å²) in [5, 5.41) is 3.26. The number of fused-ring (bicyclic) bond motifs is 6. The second-order valence-electron chi connectivity index (χ2n) is 13.7. The standard InChI is InChI=1S/C49H29N5OS/c1-4-13-30(14-5-1)33-19-12-20-34(27-33)43-45-44(38-21-10-11-22-40(38)55-45)51-48(50-43)35-24-26-41-39(28-35)37-25-23-36(29-42(37)56-41)49-53-46(31-15-6-2-7-16-31)52-47(54-49)32-17-8-3-9-18-32/h1-29H. The summed E-state index contributed by atoms with van der Waals surface area (Å²) in [5.74, 6) is 2.57. The first kappa shape index (κ1) is 32.1. The maximum Gasteiger partial charge on any atom is 0.180 e. The summed E-state index contributed by atoms with van der Waals surface area (Å²) in [4.78, 5) is 25.2. The van der Waals surface area contributed by atoms with Crippen molar-refractivity contribution in [3.05, 3.63) is 176 Å². The first-order valence-electron chi connectivity index (χ1n) is 18.4. The largest absolute Gasteiger partial charge is 0.452 e. The second kappa shape index (κ2) is 13.2. The van der Waals surface area contributed by atoms with E-state index in [-0.39, 0.29) is 0 Å². The molecule has 11 aromatic rings. The van der Waals surface area contributed by atoms with Crippen molar-refractivity contribution < 1.29 is 4.42 Å². The van der Waals surface area contributed by atoms with Crippen molar-refractivity contribution in [2.24, 2.45) is 0 Å². The molecule has 7 heteroatoms. The van der Waals surface area contributed by atoms with Gasteiger partial charge in [0.2, 0.25) is 0 Å². The van der Waals surface area contributed by atoms with Gasteiger partial charge in [0.25, 0.3) is 0 Å². The van der Waals surface area contributed by atoms with Gasteiger partial charge in [-0.05, 0) is 53.6 Å². The number of benzene rings is 7. The van der Waals surface area contributed by atoms with E-state index in [4.69, 9.17) is 29.3 Å². The van der Waals surface area contributed by atoms with Crippen molar-refractivity contribution in [2.75, 3.05) is 0 Å². The lowest BCUT2D eigenvalue weighted by atomic mass is 10.0. The van der Waals surface area contributed by atoms with Crippen molar-refractivity contribution in [3.8, 4) is 67.9 Å². The lowest BCUT2D eigenvalue weighted by Crippen LogP contribution is -1.99. The molecule has 6 nitrogen and oxygen atoms in total. The molecule has 0 saturated heterocycles. The fourth-order valence-corrected chi connectivity index (χ4v) is 8.51. The molecule has 7 aromatic carbocycles. The van der Waals surface area contributed by atoms with Gasteiger partial charge < -0.3 is 4.42 Å². The topological polar surface area (TPSA) is 77.6 Å². The molecule has 0 N–H and O–H groups in total. The number of nitrogens with zero attached hydrogens (tertiary/aromatic N) is 5. The van der Waals surface area contributed by atoms with Crippen LogP contribution in [0.2, 0.25) is 0 Å². The molecule has 0 aliphatic heterocycles. The van der Waals surface area contributed by atoms with E-state index < -0.39 is 0 Å². The van der Waals surface area contributed by atoms with Crippen molar-refractivity contribution in [3.63, 3.8) is 0 Å². The van der Waals surface area contributed by atoms with E-state index in [1.54, 1.807) is 11.3 Å². The van der Waals surface area contributed by atoms with Crippen LogP contribution in [0.5, 0.6) is 0 Å². The predicted octanol–water partition coefficient (Wildman–Crippen LogP) is 12.9. The van der Waals surface area contributed by atoms with Crippen molar-refractivity contribution in [2.45, 2.75) is 0 Å². The zero-order valence-electron chi connectivity index (χ0n) is 29.8. The molecule has 11 rings (SSSR count).